The zero-order valence-corrected chi connectivity index (χ0v) is 18.4. The van der Waals surface area contributed by atoms with Crippen molar-refractivity contribution in [3.05, 3.63) is 110 Å². The van der Waals surface area contributed by atoms with Crippen LogP contribution in [0.15, 0.2) is 76.3 Å². The number of aryl methyl sites for hydroxylation is 3. The lowest BCUT2D eigenvalue weighted by atomic mass is 10.1. The SMILES string of the molecule is Cc1ccc(Cn2c(=O)c3ccccc3n(CC(=O)Nc3c(C)cccc3C)c2=O)cc1. The molecule has 3 aromatic carbocycles. The molecule has 1 heterocycles. The van der Waals surface area contributed by atoms with E-state index in [1.807, 2.05) is 63.2 Å². The molecule has 32 heavy (non-hydrogen) atoms. The van der Waals surface area contributed by atoms with Crippen LogP contribution in [0.3, 0.4) is 0 Å². The van der Waals surface area contributed by atoms with Crippen LogP contribution < -0.4 is 16.6 Å². The predicted octanol–water partition coefficient (Wildman–Crippen LogP) is 3.78. The first-order valence-corrected chi connectivity index (χ1v) is 10.5. The number of aromatic nitrogens is 2. The summed E-state index contributed by atoms with van der Waals surface area (Å²) >= 11 is 0. The van der Waals surface area contributed by atoms with E-state index in [0.717, 1.165) is 27.9 Å². The molecule has 0 radical (unpaired) electrons. The molecule has 0 saturated heterocycles. The molecular weight excluding hydrogens is 402 g/mol. The maximum absolute atomic E-state index is 13.3. The number of nitrogens with one attached hydrogen (secondary N) is 1. The first-order valence-electron chi connectivity index (χ1n) is 10.5. The third-order valence-electron chi connectivity index (χ3n) is 5.64. The number of carbonyl (C=O) groups is 1. The lowest BCUT2D eigenvalue weighted by molar-refractivity contribution is -0.116. The largest absolute Gasteiger partial charge is 0.332 e. The van der Waals surface area contributed by atoms with Crippen molar-refractivity contribution in [2.24, 2.45) is 0 Å². The van der Waals surface area contributed by atoms with Gasteiger partial charge in [-0.2, -0.15) is 0 Å². The Labute approximate surface area is 185 Å². The number of amides is 1. The zero-order chi connectivity index (χ0) is 22.8. The van der Waals surface area contributed by atoms with Gasteiger partial charge in [-0.05, 0) is 49.6 Å². The fourth-order valence-corrected chi connectivity index (χ4v) is 3.87. The molecule has 0 aliphatic heterocycles. The normalized spacial score (nSPS) is 11.0. The lowest BCUT2D eigenvalue weighted by Gasteiger charge is -2.16. The van der Waals surface area contributed by atoms with E-state index in [9.17, 15) is 14.4 Å². The summed E-state index contributed by atoms with van der Waals surface area (Å²) in [5.41, 5.74) is 4.14. The number of rotatable bonds is 5. The van der Waals surface area contributed by atoms with E-state index in [-0.39, 0.29) is 24.6 Å². The van der Waals surface area contributed by atoms with Crippen molar-refractivity contribution in [3.63, 3.8) is 0 Å². The van der Waals surface area contributed by atoms with Gasteiger partial charge in [0.25, 0.3) is 5.56 Å². The molecule has 0 atom stereocenters. The minimum atomic E-state index is -0.508. The van der Waals surface area contributed by atoms with E-state index >= 15 is 0 Å². The van der Waals surface area contributed by atoms with Crippen molar-refractivity contribution in [3.8, 4) is 0 Å². The Morgan fingerprint density at radius 2 is 1.47 bits per heavy atom. The number of para-hydroxylation sites is 2. The molecule has 4 aromatic rings. The van der Waals surface area contributed by atoms with Crippen molar-refractivity contribution in [2.75, 3.05) is 5.32 Å². The molecule has 0 aliphatic rings. The standard InChI is InChI=1S/C26H25N3O3/c1-17-11-13-20(14-12-17)15-29-25(31)21-9-4-5-10-22(21)28(26(29)32)16-23(30)27-24-18(2)7-6-8-19(24)3/h4-14H,15-16H2,1-3H3,(H,27,30). The van der Waals surface area contributed by atoms with E-state index in [4.69, 9.17) is 0 Å². The van der Waals surface area contributed by atoms with Crippen LogP contribution in [0.5, 0.6) is 0 Å². The first kappa shape index (κ1) is 21.3. The molecule has 1 amide bonds. The Hall–Kier alpha value is -3.93. The summed E-state index contributed by atoms with van der Waals surface area (Å²) in [6.45, 7) is 5.77. The monoisotopic (exact) mass is 427 g/mol. The summed E-state index contributed by atoms with van der Waals surface area (Å²) in [6, 6.07) is 20.3. The average molecular weight is 428 g/mol. The number of hydrogen-bond donors (Lipinski definition) is 1. The van der Waals surface area contributed by atoms with Gasteiger partial charge in [-0.3, -0.25) is 18.7 Å². The smallest absolute Gasteiger partial charge is 0.324 e. The van der Waals surface area contributed by atoms with E-state index in [2.05, 4.69) is 5.32 Å². The molecule has 0 saturated carbocycles. The summed E-state index contributed by atoms with van der Waals surface area (Å²) in [6.07, 6.45) is 0. The highest BCUT2D eigenvalue weighted by molar-refractivity contribution is 5.93. The van der Waals surface area contributed by atoms with Crippen LogP contribution in [0.2, 0.25) is 0 Å². The molecular formula is C26H25N3O3. The van der Waals surface area contributed by atoms with Gasteiger partial charge in [-0.15, -0.1) is 0 Å². The van der Waals surface area contributed by atoms with E-state index in [0.29, 0.717) is 10.9 Å². The minimum Gasteiger partial charge on any atom is -0.324 e. The Kier molecular flexibility index (Phi) is 5.77. The van der Waals surface area contributed by atoms with Crippen molar-refractivity contribution >= 4 is 22.5 Å². The number of hydrogen-bond acceptors (Lipinski definition) is 3. The molecule has 1 aromatic heterocycles. The molecule has 6 nitrogen and oxygen atoms in total. The highest BCUT2D eigenvalue weighted by Gasteiger charge is 2.16. The Morgan fingerprint density at radius 3 is 2.16 bits per heavy atom. The van der Waals surface area contributed by atoms with Gasteiger partial charge < -0.3 is 5.32 Å². The zero-order valence-electron chi connectivity index (χ0n) is 18.4. The molecule has 0 bridgehead atoms. The van der Waals surface area contributed by atoms with Gasteiger partial charge in [-0.1, -0.05) is 60.2 Å². The molecule has 0 spiro atoms. The van der Waals surface area contributed by atoms with Crippen molar-refractivity contribution in [2.45, 2.75) is 33.9 Å². The van der Waals surface area contributed by atoms with Gasteiger partial charge in [0.05, 0.1) is 17.4 Å². The maximum atomic E-state index is 13.3. The molecule has 0 fully saturated rings. The Morgan fingerprint density at radius 1 is 0.812 bits per heavy atom. The fourth-order valence-electron chi connectivity index (χ4n) is 3.87. The van der Waals surface area contributed by atoms with Gasteiger partial charge >= 0.3 is 5.69 Å². The minimum absolute atomic E-state index is 0.140. The van der Waals surface area contributed by atoms with Gasteiger partial charge in [0.1, 0.15) is 6.54 Å². The van der Waals surface area contributed by atoms with E-state index < -0.39 is 5.69 Å². The highest BCUT2D eigenvalue weighted by Crippen LogP contribution is 2.19. The molecule has 6 heteroatoms. The van der Waals surface area contributed by atoms with Crippen LogP contribution in [0.1, 0.15) is 22.3 Å². The van der Waals surface area contributed by atoms with Crippen LogP contribution in [-0.2, 0) is 17.9 Å². The van der Waals surface area contributed by atoms with Crippen LogP contribution in [-0.4, -0.2) is 15.0 Å². The average Bonchev–Trinajstić information content (AvgIpc) is 2.78. The fraction of sp³-hybridized carbons (Fsp3) is 0.192. The van der Waals surface area contributed by atoms with Gasteiger partial charge in [0.15, 0.2) is 0 Å². The van der Waals surface area contributed by atoms with Crippen molar-refractivity contribution < 1.29 is 4.79 Å². The van der Waals surface area contributed by atoms with Crippen LogP contribution >= 0.6 is 0 Å². The van der Waals surface area contributed by atoms with Gasteiger partial charge in [0.2, 0.25) is 5.91 Å². The molecule has 4 rings (SSSR count). The number of carbonyl (C=O) groups excluding carboxylic acids is 1. The first-order chi connectivity index (χ1) is 15.3. The third-order valence-corrected chi connectivity index (χ3v) is 5.64. The number of benzene rings is 3. The van der Waals surface area contributed by atoms with E-state index in [1.54, 1.807) is 24.3 Å². The molecule has 0 unspecified atom stereocenters. The van der Waals surface area contributed by atoms with Gasteiger partial charge in [-0.25, -0.2) is 4.79 Å². The van der Waals surface area contributed by atoms with E-state index in [1.165, 1.54) is 9.13 Å². The van der Waals surface area contributed by atoms with Gasteiger partial charge in [0, 0.05) is 5.69 Å². The lowest BCUT2D eigenvalue weighted by Crippen LogP contribution is -2.42. The molecule has 1 N–H and O–H groups in total. The second-order valence-corrected chi connectivity index (χ2v) is 8.08. The van der Waals surface area contributed by atoms with Crippen LogP contribution in [0.4, 0.5) is 5.69 Å². The third kappa shape index (κ3) is 4.12. The second-order valence-electron chi connectivity index (χ2n) is 8.08. The highest BCUT2D eigenvalue weighted by atomic mass is 16.2. The van der Waals surface area contributed by atoms with Crippen LogP contribution in [0, 0.1) is 20.8 Å². The summed E-state index contributed by atoms with van der Waals surface area (Å²) < 4.78 is 2.56. The number of anilines is 1. The van der Waals surface area contributed by atoms with Crippen molar-refractivity contribution in [1.82, 2.24) is 9.13 Å². The topological polar surface area (TPSA) is 73.1 Å². The summed E-state index contributed by atoms with van der Waals surface area (Å²) in [7, 11) is 0. The Bertz CT molecular complexity index is 1410. The number of fused-ring (bicyclic) bond motifs is 1. The summed E-state index contributed by atoms with van der Waals surface area (Å²) in [5, 5.41) is 3.32. The maximum Gasteiger partial charge on any atom is 0.332 e. The van der Waals surface area contributed by atoms with Crippen molar-refractivity contribution in [1.29, 1.82) is 0 Å². The molecule has 0 aliphatic carbocycles. The van der Waals surface area contributed by atoms with Crippen LogP contribution in [0.25, 0.3) is 10.9 Å². The summed E-state index contributed by atoms with van der Waals surface area (Å²) in [4.78, 5) is 39.3. The Balaban J connectivity index is 1.76. The quantitative estimate of drug-likeness (QED) is 0.527. The predicted molar refractivity (Wildman–Crippen MR) is 127 cm³/mol. The second kappa shape index (κ2) is 8.67. The molecule has 162 valence electrons. The number of nitrogens with zero attached hydrogens (tertiary/aromatic N) is 2. The summed E-state index contributed by atoms with van der Waals surface area (Å²) in [5.74, 6) is -0.324.